The summed E-state index contributed by atoms with van der Waals surface area (Å²) in [5.41, 5.74) is -0.719. The number of aliphatic hydroxyl groups is 4. The zero-order valence-electron chi connectivity index (χ0n) is 9.59. The third-order valence-corrected chi connectivity index (χ3v) is 4.01. The highest BCUT2D eigenvalue weighted by molar-refractivity contribution is 7.99. The van der Waals surface area contributed by atoms with Crippen LogP contribution in [0.5, 0.6) is 0 Å². The van der Waals surface area contributed by atoms with E-state index in [-0.39, 0.29) is 0 Å². The van der Waals surface area contributed by atoms with Gasteiger partial charge in [0, 0.05) is 4.90 Å². The third-order valence-electron chi connectivity index (χ3n) is 2.84. The van der Waals surface area contributed by atoms with Crippen molar-refractivity contribution >= 4 is 11.8 Å². The van der Waals surface area contributed by atoms with Crippen LogP contribution in [0.1, 0.15) is 0 Å². The molecule has 0 saturated carbocycles. The van der Waals surface area contributed by atoms with Crippen LogP contribution < -0.4 is 0 Å². The third kappa shape index (κ3) is 2.85. The highest BCUT2D eigenvalue weighted by Gasteiger charge is 2.43. The minimum Gasteiger partial charge on any atom is -0.394 e. The number of hydrogen-bond donors (Lipinski definition) is 4. The molecule has 100 valence electrons. The predicted octanol–water partition coefficient (Wildman–Crippen LogP) is -0.421. The maximum Gasteiger partial charge on any atom is 0.136 e. The van der Waals surface area contributed by atoms with Crippen LogP contribution in [0, 0.1) is 0 Å². The minimum atomic E-state index is -1.32. The summed E-state index contributed by atoms with van der Waals surface area (Å²) in [4.78, 5) is 0.877. The molecule has 6 heteroatoms. The molecule has 0 amide bonds. The second kappa shape index (κ2) is 6.01. The molecule has 0 radical (unpaired) electrons. The Labute approximate surface area is 109 Å². The first-order valence-corrected chi connectivity index (χ1v) is 6.53. The van der Waals surface area contributed by atoms with Crippen LogP contribution >= 0.6 is 11.8 Å². The van der Waals surface area contributed by atoms with Gasteiger partial charge in [-0.05, 0) is 12.1 Å². The molecule has 18 heavy (non-hydrogen) atoms. The van der Waals surface area contributed by atoms with E-state index in [0.717, 1.165) is 4.90 Å². The van der Waals surface area contributed by atoms with Crippen molar-refractivity contribution in [2.24, 2.45) is 0 Å². The maximum atomic E-state index is 9.85. The topological polar surface area (TPSA) is 90.2 Å². The lowest BCUT2D eigenvalue weighted by atomic mass is 10.0. The quantitative estimate of drug-likeness (QED) is 0.597. The Balaban J connectivity index is 2.08. The Morgan fingerprint density at radius 2 is 1.67 bits per heavy atom. The molecule has 1 aromatic rings. The van der Waals surface area contributed by atoms with Crippen molar-refractivity contribution in [3.05, 3.63) is 30.3 Å². The van der Waals surface area contributed by atoms with Crippen LogP contribution in [-0.2, 0) is 4.74 Å². The van der Waals surface area contributed by atoms with E-state index >= 15 is 0 Å². The van der Waals surface area contributed by atoms with Gasteiger partial charge in [0.2, 0.25) is 0 Å². The van der Waals surface area contributed by atoms with Gasteiger partial charge in [0.25, 0.3) is 0 Å². The zero-order chi connectivity index (χ0) is 13.1. The second-order valence-corrected chi connectivity index (χ2v) is 5.30. The maximum absolute atomic E-state index is 9.85. The molecule has 0 bridgehead atoms. The van der Waals surface area contributed by atoms with E-state index in [9.17, 15) is 15.3 Å². The molecular formula is C12H16O5S. The van der Waals surface area contributed by atoms with Gasteiger partial charge in [-0.1, -0.05) is 30.0 Å². The fraction of sp³-hybridized carbons (Fsp3) is 0.500. The monoisotopic (exact) mass is 272 g/mol. The largest absolute Gasteiger partial charge is 0.394 e. The van der Waals surface area contributed by atoms with E-state index in [2.05, 4.69) is 0 Å². The van der Waals surface area contributed by atoms with Crippen molar-refractivity contribution in [1.82, 2.24) is 0 Å². The first kappa shape index (κ1) is 13.8. The number of ether oxygens (including phenoxy) is 1. The summed E-state index contributed by atoms with van der Waals surface area (Å²) in [6.45, 7) is -0.406. The molecule has 1 heterocycles. The average molecular weight is 272 g/mol. The number of hydrogen-bond acceptors (Lipinski definition) is 6. The molecule has 1 aromatic carbocycles. The Bertz CT molecular complexity index is 372. The highest BCUT2D eigenvalue weighted by atomic mass is 32.2. The van der Waals surface area contributed by atoms with Gasteiger partial charge in [-0.2, -0.15) is 0 Å². The van der Waals surface area contributed by atoms with E-state index in [1.807, 2.05) is 30.3 Å². The van der Waals surface area contributed by atoms with E-state index in [1.165, 1.54) is 11.8 Å². The highest BCUT2D eigenvalue weighted by Crippen LogP contribution is 2.32. The van der Waals surface area contributed by atoms with Crippen LogP contribution in [0.25, 0.3) is 0 Å². The molecule has 0 aromatic heterocycles. The van der Waals surface area contributed by atoms with Gasteiger partial charge in [0.05, 0.1) is 6.61 Å². The summed E-state index contributed by atoms with van der Waals surface area (Å²) in [6, 6.07) is 9.29. The molecule has 2 rings (SSSR count). The molecule has 0 spiro atoms. The molecule has 5 nitrogen and oxygen atoms in total. The molecule has 4 N–H and O–H groups in total. The minimum absolute atomic E-state index is 0.406. The Morgan fingerprint density at radius 3 is 2.28 bits per heavy atom. The van der Waals surface area contributed by atoms with Gasteiger partial charge in [0.1, 0.15) is 29.9 Å². The summed E-state index contributed by atoms with van der Waals surface area (Å²) in [5.74, 6) is 0. The Morgan fingerprint density at radius 1 is 1.00 bits per heavy atom. The Hall–Kier alpha value is -0.630. The molecule has 1 fully saturated rings. The fourth-order valence-corrected chi connectivity index (χ4v) is 2.88. The summed E-state index contributed by atoms with van der Waals surface area (Å²) in [7, 11) is 0. The van der Waals surface area contributed by atoms with Gasteiger partial charge in [0.15, 0.2) is 0 Å². The van der Waals surface area contributed by atoms with E-state index in [1.54, 1.807) is 0 Å². The van der Waals surface area contributed by atoms with Crippen molar-refractivity contribution in [2.45, 2.75) is 34.7 Å². The van der Waals surface area contributed by atoms with Crippen LogP contribution in [0.3, 0.4) is 0 Å². The summed E-state index contributed by atoms with van der Waals surface area (Å²) in [6.07, 6.45) is -4.69. The average Bonchev–Trinajstić information content (AvgIpc) is 2.40. The SMILES string of the molecule is OCC1O[C@@H](Sc2ccccc2)C(O)C(O)[C@H]1O. The smallest absolute Gasteiger partial charge is 0.136 e. The number of thioether (sulfide) groups is 1. The lowest BCUT2D eigenvalue weighted by Crippen LogP contribution is -2.57. The van der Waals surface area contributed by atoms with Crippen molar-refractivity contribution in [2.75, 3.05) is 6.61 Å². The van der Waals surface area contributed by atoms with Gasteiger partial charge < -0.3 is 25.2 Å². The number of aliphatic hydroxyl groups excluding tert-OH is 4. The van der Waals surface area contributed by atoms with Gasteiger partial charge in [-0.3, -0.25) is 0 Å². The molecule has 1 saturated heterocycles. The zero-order valence-corrected chi connectivity index (χ0v) is 10.4. The van der Waals surface area contributed by atoms with E-state index < -0.39 is 36.5 Å². The van der Waals surface area contributed by atoms with Crippen LogP contribution in [0.2, 0.25) is 0 Å². The van der Waals surface area contributed by atoms with Gasteiger partial charge >= 0.3 is 0 Å². The lowest BCUT2D eigenvalue weighted by Gasteiger charge is -2.39. The first-order chi connectivity index (χ1) is 8.63. The normalized spacial score (nSPS) is 36.6. The standard InChI is InChI=1S/C12H16O5S/c13-6-8-9(14)10(15)11(16)12(17-8)18-7-4-2-1-3-5-7/h1-5,8-16H,6H2/t8?,9-,10?,11?,12-/m0/s1. The van der Waals surface area contributed by atoms with Gasteiger partial charge in [-0.15, -0.1) is 0 Å². The van der Waals surface area contributed by atoms with Crippen LogP contribution in [-0.4, -0.2) is 56.9 Å². The van der Waals surface area contributed by atoms with Gasteiger partial charge in [-0.25, -0.2) is 0 Å². The van der Waals surface area contributed by atoms with E-state index in [0.29, 0.717) is 0 Å². The van der Waals surface area contributed by atoms with Crippen molar-refractivity contribution < 1.29 is 25.2 Å². The summed E-state index contributed by atoms with van der Waals surface area (Å²) >= 11 is 1.24. The van der Waals surface area contributed by atoms with E-state index in [4.69, 9.17) is 9.84 Å². The molecule has 1 aliphatic rings. The fourth-order valence-electron chi connectivity index (χ4n) is 1.80. The summed E-state index contributed by atoms with van der Waals surface area (Å²) in [5, 5.41) is 38.2. The summed E-state index contributed by atoms with van der Waals surface area (Å²) < 4.78 is 5.39. The molecule has 0 aliphatic carbocycles. The molecule has 5 atom stereocenters. The molecular weight excluding hydrogens is 256 g/mol. The second-order valence-electron chi connectivity index (χ2n) is 4.13. The number of rotatable bonds is 3. The van der Waals surface area contributed by atoms with Crippen molar-refractivity contribution in [1.29, 1.82) is 0 Å². The molecule has 1 aliphatic heterocycles. The first-order valence-electron chi connectivity index (χ1n) is 5.65. The number of benzene rings is 1. The van der Waals surface area contributed by atoms with Crippen LogP contribution in [0.15, 0.2) is 35.2 Å². The predicted molar refractivity (Wildman–Crippen MR) is 66.1 cm³/mol. The van der Waals surface area contributed by atoms with Crippen molar-refractivity contribution in [3.8, 4) is 0 Å². The lowest BCUT2D eigenvalue weighted by molar-refractivity contribution is -0.205. The Kier molecular flexibility index (Phi) is 4.60. The molecule has 3 unspecified atom stereocenters. The van der Waals surface area contributed by atoms with Crippen molar-refractivity contribution in [3.63, 3.8) is 0 Å². The van der Waals surface area contributed by atoms with Crippen LogP contribution in [0.4, 0.5) is 0 Å².